The highest BCUT2D eigenvalue weighted by Crippen LogP contribution is 2.28. The minimum absolute atomic E-state index is 0.135. The number of ether oxygens (including phenoxy) is 1. The van der Waals surface area contributed by atoms with Crippen LogP contribution in [0.5, 0.6) is 0 Å². The van der Waals surface area contributed by atoms with Crippen LogP contribution in [0.1, 0.15) is 52.9 Å². The first-order chi connectivity index (χ1) is 7.55. The number of nitrogens with one attached hydrogen (secondary N) is 1. The van der Waals surface area contributed by atoms with Crippen molar-refractivity contribution in [2.45, 2.75) is 58.5 Å². The number of hydrogen-bond donors (Lipinski definition) is 1. The minimum Gasteiger partial charge on any atom is -0.376 e. The van der Waals surface area contributed by atoms with Gasteiger partial charge in [0.15, 0.2) is 0 Å². The lowest BCUT2D eigenvalue weighted by molar-refractivity contribution is -0.135. The quantitative estimate of drug-likeness (QED) is 0.733. The molecule has 0 aromatic heterocycles. The van der Waals surface area contributed by atoms with Gasteiger partial charge in [0.2, 0.25) is 5.91 Å². The summed E-state index contributed by atoms with van der Waals surface area (Å²) < 4.78 is 5.61. The molecule has 1 saturated heterocycles. The number of unbranched alkanes of at least 4 members (excludes halogenated alkanes) is 2. The van der Waals surface area contributed by atoms with Gasteiger partial charge in [0.05, 0.1) is 5.60 Å². The van der Waals surface area contributed by atoms with E-state index in [9.17, 15) is 4.79 Å². The van der Waals surface area contributed by atoms with Gasteiger partial charge in [-0.15, -0.1) is 0 Å². The molecule has 1 fully saturated rings. The van der Waals surface area contributed by atoms with Gasteiger partial charge in [-0.2, -0.15) is 0 Å². The Hall–Kier alpha value is -0.570. The summed E-state index contributed by atoms with van der Waals surface area (Å²) >= 11 is 0. The summed E-state index contributed by atoms with van der Waals surface area (Å²) in [6.07, 6.45) is 5.18. The third-order valence-electron chi connectivity index (χ3n) is 3.15. The summed E-state index contributed by atoms with van der Waals surface area (Å²) in [7, 11) is 0. The molecule has 1 unspecified atom stereocenters. The van der Waals surface area contributed by atoms with Crippen LogP contribution in [0.2, 0.25) is 0 Å². The maximum Gasteiger partial charge on any atom is 0.223 e. The van der Waals surface area contributed by atoms with E-state index in [1.165, 1.54) is 12.8 Å². The largest absolute Gasteiger partial charge is 0.376 e. The van der Waals surface area contributed by atoms with Gasteiger partial charge < -0.3 is 10.1 Å². The second-order valence-corrected chi connectivity index (χ2v) is 5.30. The lowest BCUT2D eigenvalue weighted by Crippen LogP contribution is -2.41. The summed E-state index contributed by atoms with van der Waals surface area (Å²) in [4.78, 5) is 11.9. The second-order valence-electron chi connectivity index (χ2n) is 5.30. The summed E-state index contributed by atoms with van der Waals surface area (Å²) in [5.74, 6) is 0.359. The molecule has 0 aromatic carbocycles. The summed E-state index contributed by atoms with van der Waals surface area (Å²) in [5, 5.41) is 3.03. The minimum atomic E-state index is -0.135. The van der Waals surface area contributed by atoms with Gasteiger partial charge in [0.1, 0.15) is 0 Å². The molecule has 0 bridgehead atoms. The number of hydrogen-bond acceptors (Lipinski definition) is 2. The molecule has 1 aliphatic heterocycles. The fourth-order valence-corrected chi connectivity index (χ4v) is 2.19. The van der Waals surface area contributed by atoms with Crippen LogP contribution in [0.4, 0.5) is 0 Å². The summed E-state index contributed by atoms with van der Waals surface area (Å²) in [6.45, 7) is 7.82. The van der Waals surface area contributed by atoms with E-state index in [0.717, 1.165) is 25.8 Å². The first-order valence-corrected chi connectivity index (χ1v) is 6.47. The molecule has 0 spiro atoms. The Bertz CT molecular complexity index is 226. The van der Waals surface area contributed by atoms with E-state index in [4.69, 9.17) is 4.74 Å². The standard InChI is InChI=1S/C13H25NO2/c1-4-5-6-8-14-12(15)11-7-9-16-13(2,3)10-11/h11H,4-10H2,1-3H3,(H,14,15). The Morgan fingerprint density at radius 1 is 1.44 bits per heavy atom. The maximum absolute atomic E-state index is 11.9. The molecular weight excluding hydrogens is 202 g/mol. The van der Waals surface area contributed by atoms with E-state index in [1.807, 2.05) is 0 Å². The van der Waals surface area contributed by atoms with Crippen molar-refractivity contribution in [2.24, 2.45) is 5.92 Å². The summed E-state index contributed by atoms with van der Waals surface area (Å²) in [6, 6.07) is 0. The van der Waals surface area contributed by atoms with E-state index in [2.05, 4.69) is 26.1 Å². The zero-order valence-electron chi connectivity index (χ0n) is 10.8. The fraction of sp³-hybridized carbons (Fsp3) is 0.923. The van der Waals surface area contributed by atoms with E-state index in [0.29, 0.717) is 6.61 Å². The van der Waals surface area contributed by atoms with Gasteiger partial charge in [0, 0.05) is 19.1 Å². The second kappa shape index (κ2) is 6.24. The van der Waals surface area contributed by atoms with Crippen LogP contribution in [0.25, 0.3) is 0 Å². The monoisotopic (exact) mass is 227 g/mol. The van der Waals surface area contributed by atoms with Crippen LogP contribution in [0.3, 0.4) is 0 Å². The Kier molecular flexibility index (Phi) is 5.26. The predicted octanol–water partition coefficient (Wildman–Crippen LogP) is 2.50. The highest BCUT2D eigenvalue weighted by molar-refractivity contribution is 5.78. The fourth-order valence-electron chi connectivity index (χ4n) is 2.19. The van der Waals surface area contributed by atoms with Crippen LogP contribution in [-0.2, 0) is 9.53 Å². The van der Waals surface area contributed by atoms with Gasteiger partial charge >= 0.3 is 0 Å². The molecular formula is C13H25NO2. The van der Waals surface area contributed by atoms with Crippen molar-refractivity contribution < 1.29 is 9.53 Å². The van der Waals surface area contributed by atoms with Crippen molar-refractivity contribution in [1.29, 1.82) is 0 Å². The van der Waals surface area contributed by atoms with E-state index in [-0.39, 0.29) is 17.4 Å². The number of carbonyl (C=O) groups is 1. The first-order valence-electron chi connectivity index (χ1n) is 6.47. The molecule has 1 heterocycles. The molecule has 3 nitrogen and oxygen atoms in total. The molecule has 1 rings (SSSR count). The van der Waals surface area contributed by atoms with Crippen molar-refractivity contribution in [1.82, 2.24) is 5.32 Å². The molecule has 94 valence electrons. The topological polar surface area (TPSA) is 38.3 Å². The van der Waals surface area contributed by atoms with Crippen LogP contribution in [-0.4, -0.2) is 24.7 Å². The lowest BCUT2D eigenvalue weighted by Gasteiger charge is -2.34. The lowest BCUT2D eigenvalue weighted by atomic mass is 9.88. The van der Waals surface area contributed by atoms with E-state index >= 15 is 0 Å². The highest BCUT2D eigenvalue weighted by atomic mass is 16.5. The van der Waals surface area contributed by atoms with Gasteiger partial charge in [-0.3, -0.25) is 4.79 Å². The smallest absolute Gasteiger partial charge is 0.223 e. The summed E-state index contributed by atoms with van der Waals surface area (Å²) in [5.41, 5.74) is -0.135. The van der Waals surface area contributed by atoms with Crippen molar-refractivity contribution in [2.75, 3.05) is 13.2 Å². The Morgan fingerprint density at radius 3 is 2.81 bits per heavy atom. The number of rotatable bonds is 5. The predicted molar refractivity (Wildman–Crippen MR) is 65.3 cm³/mol. The van der Waals surface area contributed by atoms with Crippen molar-refractivity contribution >= 4 is 5.91 Å². The molecule has 0 radical (unpaired) electrons. The van der Waals surface area contributed by atoms with E-state index < -0.39 is 0 Å². The number of amides is 1. The number of carbonyl (C=O) groups excluding carboxylic acids is 1. The van der Waals surface area contributed by atoms with Crippen molar-refractivity contribution in [3.8, 4) is 0 Å². The van der Waals surface area contributed by atoms with Crippen molar-refractivity contribution in [3.05, 3.63) is 0 Å². The Labute approximate surface area is 98.9 Å². The maximum atomic E-state index is 11.9. The zero-order valence-corrected chi connectivity index (χ0v) is 10.8. The third-order valence-corrected chi connectivity index (χ3v) is 3.15. The van der Waals surface area contributed by atoms with E-state index in [1.54, 1.807) is 0 Å². The molecule has 1 atom stereocenters. The van der Waals surface area contributed by atoms with Gasteiger partial charge in [-0.25, -0.2) is 0 Å². The first kappa shape index (κ1) is 13.5. The molecule has 3 heteroatoms. The highest BCUT2D eigenvalue weighted by Gasteiger charge is 2.32. The zero-order chi connectivity index (χ0) is 12.0. The average Bonchev–Trinajstić information content (AvgIpc) is 2.22. The molecule has 16 heavy (non-hydrogen) atoms. The normalized spacial score (nSPS) is 24.1. The third kappa shape index (κ3) is 4.52. The van der Waals surface area contributed by atoms with Gasteiger partial charge in [0.25, 0.3) is 0 Å². The van der Waals surface area contributed by atoms with Gasteiger partial charge in [-0.1, -0.05) is 19.8 Å². The molecule has 1 N–H and O–H groups in total. The molecule has 1 aliphatic rings. The van der Waals surface area contributed by atoms with Gasteiger partial charge in [-0.05, 0) is 33.1 Å². The Morgan fingerprint density at radius 2 is 2.19 bits per heavy atom. The molecule has 0 aromatic rings. The van der Waals surface area contributed by atoms with Crippen LogP contribution in [0.15, 0.2) is 0 Å². The molecule has 1 amide bonds. The SMILES string of the molecule is CCCCCNC(=O)C1CCOC(C)(C)C1. The molecule has 0 aliphatic carbocycles. The van der Waals surface area contributed by atoms with Crippen LogP contribution < -0.4 is 5.32 Å². The van der Waals surface area contributed by atoms with Crippen molar-refractivity contribution in [3.63, 3.8) is 0 Å². The van der Waals surface area contributed by atoms with Crippen LogP contribution >= 0.6 is 0 Å². The molecule has 0 saturated carbocycles. The average molecular weight is 227 g/mol. The Balaban J connectivity index is 2.25. The van der Waals surface area contributed by atoms with Crippen LogP contribution in [0, 0.1) is 5.92 Å².